The van der Waals surface area contributed by atoms with Gasteiger partial charge in [0.15, 0.2) is 0 Å². The Morgan fingerprint density at radius 1 is 1.05 bits per heavy atom. The van der Waals surface area contributed by atoms with Gasteiger partial charge in [-0.1, -0.05) is 59.3 Å². The van der Waals surface area contributed by atoms with Gasteiger partial charge < -0.3 is 15.2 Å². The smallest absolute Gasteiger partial charge is 0.870 e. The van der Waals surface area contributed by atoms with E-state index >= 15 is 0 Å². The summed E-state index contributed by atoms with van der Waals surface area (Å²) >= 11 is 12.5. The molecule has 0 aromatic heterocycles. The fraction of sp³-hybridized carbons (Fsp3) is 0.115. The molecule has 0 heterocycles. The van der Waals surface area contributed by atoms with Crippen LogP contribution in [-0.2, 0) is 10.1 Å². The molecule has 4 rings (SSSR count). The zero-order chi connectivity index (χ0) is 27.6. The first-order chi connectivity index (χ1) is 18.0. The summed E-state index contributed by atoms with van der Waals surface area (Å²) in [6.07, 6.45) is 0. The SMILES string of the molecule is CCOc1cccc(NC(=O)c2cc3ccccc3c(N=Nc3cc(C)cc(S(=O)(=O)O)c3Cl)c2[O-])c1Cl.[Na+]. The van der Waals surface area contributed by atoms with E-state index < -0.39 is 26.7 Å². The zero-order valence-corrected chi connectivity index (χ0v) is 25.4. The van der Waals surface area contributed by atoms with Gasteiger partial charge in [-0.15, -0.1) is 5.11 Å². The van der Waals surface area contributed by atoms with Crippen molar-refractivity contribution in [2.45, 2.75) is 18.7 Å². The number of fused-ring (bicyclic) bond motifs is 1. The number of benzene rings is 4. The third-order valence-corrected chi connectivity index (χ3v) is 7.21. The van der Waals surface area contributed by atoms with Crippen molar-refractivity contribution in [3.8, 4) is 11.5 Å². The minimum absolute atomic E-state index is 0. The summed E-state index contributed by atoms with van der Waals surface area (Å²) in [7, 11) is -4.63. The van der Waals surface area contributed by atoms with Crippen molar-refractivity contribution < 1.29 is 57.2 Å². The molecule has 0 radical (unpaired) electrons. The van der Waals surface area contributed by atoms with Crippen molar-refractivity contribution in [2.75, 3.05) is 11.9 Å². The molecule has 0 bridgehead atoms. The van der Waals surface area contributed by atoms with Crippen LogP contribution in [0.25, 0.3) is 10.8 Å². The monoisotopic (exact) mass is 595 g/mol. The topological polar surface area (TPSA) is 140 Å². The Morgan fingerprint density at radius 3 is 2.46 bits per heavy atom. The Bertz CT molecular complexity index is 1710. The normalized spacial score (nSPS) is 11.4. The standard InChI is InChI=1S/C26H21Cl2N3O6S.Na/c1-3-37-20-10-6-9-18(22(20)27)29-26(33)17-13-15-7-4-5-8-16(15)24(25(17)32)31-30-19-11-14(2)12-21(23(19)28)38(34,35)36;/h4-13,32H,3H2,1-2H3,(H,29,33)(H,34,35,36);/q;+1/p-1. The van der Waals surface area contributed by atoms with Crippen molar-refractivity contribution >= 4 is 67.1 Å². The number of ether oxygens (including phenoxy) is 1. The number of hydrogen-bond donors (Lipinski definition) is 2. The molecule has 0 spiro atoms. The second-order valence-electron chi connectivity index (χ2n) is 8.10. The molecule has 0 saturated carbocycles. The third-order valence-electron chi connectivity index (χ3n) is 5.43. The van der Waals surface area contributed by atoms with Crippen LogP contribution in [0.15, 0.2) is 75.8 Å². The van der Waals surface area contributed by atoms with E-state index in [9.17, 15) is 22.9 Å². The molecule has 2 N–H and O–H groups in total. The van der Waals surface area contributed by atoms with Gasteiger partial charge in [0.25, 0.3) is 16.0 Å². The van der Waals surface area contributed by atoms with Gasteiger partial charge in [0.05, 0.1) is 23.0 Å². The maximum absolute atomic E-state index is 13.4. The second-order valence-corrected chi connectivity index (χ2v) is 10.2. The minimum Gasteiger partial charge on any atom is -0.870 e. The second kappa shape index (κ2) is 12.6. The van der Waals surface area contributed by atoms with Gasteiger partial charge in [-0.25, -0.2) is 0 Å². The summed E-state index contributed by atoms with van der Waals surface area (Å²) < 4.78 is 38.3. The van der Waals surface area contributed by atoms with E-state index in [1.54, 1.807) is 56.3 Å². The van der Waals surface area contributed by atoms with E-state index in [0.29, 0.717) is 28.7 Å². The molecule has 0 aliphatic carbocycles. The van der Waals surface area contributed by atoms with Gasteiger partial charge >= 0.3 is 29.6 Å². The van der Waals surface area contributed by atoms with Crippen LogP contribution >= 0.6 is 23.2 Å². The van der Waals surface area contributed by atoms with Crippen LogP contribution in [0.5, 0.6) is 11.5 Å². The molecule has 196 valence electrons. The fourth-order valence-electron chi connectivity index (χ4n) is 3.72. The predicted octanol–water partition coefficient (Wildman–Crippen LogP) is 3.85. The zero-order valence-electron chi connectivity index (χ0n) is 21.0. The van der Waals surface area contributed by atoms with Crippen LogP contribution < -0.4 is 44.7 Å². The minimum atomic E-state index is -4.63. The largest absolute Gasteiger partial charge is 1.00 e. The number of amides is 1. The molecule has 13 heteroatoms. The summed E-state index contributed by atoms with van der Waals surface area (Å²) in [6.45, 7) is 3.75. The number of azo groups is 1. The molecule has 0 saturated heterocycles. The Labute approximate surface area is 256 Å². The Balaban J connectivity index is 0.00000420. The number of nitrogens with one attached hydrogen (secondary N) is 1. The van der Waals surface area contributed by atoms with Crippen LogP contribution in [0.4, 0.5) is 17.1 Å². The molecule has 0 aliphatic heterocycles. The molecule has 9 nitrogen and oxygen atoms in total. The molecule has 0 fully saturated rings. The van der Waals surface area contributed by atoms with E-state index in [0.717, 1.165) is 0 Å². The summed E-state index contributed by atoms with van der Waals surface area (Å²) in [5.74, 6) is -1.07. The molecule has 0 unspecified atom stereocenters. The summed E-state index contributed by atoms with van der Waals surface area (Å²) in [4.78, 5) is 12.6. The Kier molecular flexibility index (Phi) is 10.0. The maximum Gasteiger partial charge on any atom is 1.00 e. The van der Waals surface area contributed by atoms with E-state index in [-0.39, 0.29) is 62.2 Å². The molecule has 4 aromatic rings. The number of halogens is 2. The van der Waals surface area contributed by atoms with Crippen molar-refractivity contribution in [3.63, 3.8) is 0 Å². The summed E-state index contributed by atoms with van der Waals surface area (Å²) in [5, 5.41) is 24.9. The van der Waals surface area contributed by atoms with Crippen LogP contribution in [0, 0.1) is 6.92 Å². The van der Waals surface area contributed by atoms with Crippen molar-refractivity contribution in [3.05, 3.63) is 81.8 Å². The number of carbonyl (C=O) groups excluding carboxylic acids is 1. The van der Waals surface area contributed by atoms with Crippen molar-refractivity contribution in [1.29, 1.82) is 0 Å². The fourth-order valence-corrected chi connectivity index (χ4v) is 5.06. The predicted molar refractivity (Wildman–Crippen MR) is 144 cm³/mol. The molecular formula is C26H20Cl2N3NaO6S. The van der Waals surface area contributed by atoms with Gasteiger partial charge in [-0.2, -0.15) is 13.5 Å². The van der Waals surface area contributed by atoms with Crippen LogP contribution in [0.1, 0.15) is 22.8 Å². The molecule has 39 heavy (non-hydrogen) atoms. The third kappa shape index (κ3) is 6.72. The van der Waals surface area contributed by atoms with E-state index in [1.165, 1.54) is 18.2 Å². The molecule has 1 amide bonds. The van der Waals surface area contributed by atoms with Crippen LogP contribution in [0.2, 0.25) is 10.0 Å². The maximum atomic E-state index is 13.4. The first-order valence-electron chi connectivity index (χ1n) is 11.2. The van der Waals surface area contributed by atoms with Crippen molar-refractivity contribution in [1.82, 2.24) is 0 Å². The molecule has 0 aliphatic rings. The van der Waals surface area contributed by atoms with Gasteiger partial charge in [0.1, 0.15) is 21.4 Å². The number of aryl methyl sites for hydroxylation is 1. The van der Waals surface area contributed by atoms with Crippen molar-refractivity contribution in [2.24, 2.45) is 10.2 Å². The van der Waals surface area contributed by atoms with E-state index in [4.69, 9.17) is 27.9 Å². The quantitative estimate of drug-likeness (QED) is 0.189. The Hall–Kier alpha value is -2.70. The molecule has 4 aromatic carbocycles. The van der Waals surface area contributed by atoms with E-state index in [2.05, 4.69) is 15.5 Å². The average molecular weight is 596 g/mol. The number of rotatable bonds is 7. The average Bonchev–Trinajstić information content (AvgIpc) is 2.86. The van der Waals surface area contributed by atoms with Crippen LogP contribution in [0.3, 0.4) is 0 Å². The molecular weight excluding hydrogens is 576 g/mol. The first kappa shape index (κ1) is 30.8. The number of anilines is 1. The van der Waals surface area contributed by atoms with Gasteiger partial charge in [-0.3, -0.25) is 9.35 Å². The summed E-state index contributed by atoms with van der Waals surface area (Å²) in [6, 6.07) is 15.7. The number of nitrogens with zero attached hydrogens (tertiary/aromatic N) is 2. The van der Waals surface area contributed by atoms with Gasteiger partial charge in [0.2, 0.25) is 0 Å². The van der Waals surface area contributed by atoms with E-state index in [1.807, 2.05) is 0 Å². The van der Waals surface area contributed by atoms with Crippen LogP contribution in [-0.4, -0.2) is 25.5 Å². The van der Waals surface area contributed by atoms with Gasteiger partial charge in [-0.05, 0) is 55.1 Å². The first-order valence-corrected chi connectivity index (χ1v) is 13.4. The molecule has 0 atom stereocenters. The Morgan fingerprint density at radius 2 is 1.77 bits per heavy atom. The number of hydrogen-bond acceptors (Lipinski definition) is 7. The van der Waals surface area contributed by atoms with Gasteiger partial charge in [0, 0.05) is 10.9 Å². The summed E-state index contributed by atoms with van der Waals surface area (Å²) in [5.41, 5.74) is 0.222. The number of carbonyl (C=O) groups is 1.